The molecular weight excluding hydrogens is 763 g/mol. The molecule has 3 heteroatoms. The van der Waals surface area contributed by atoms with Crippen LogP contribution >= 0.6 is 0 Å². The molecule has 0 unspecified atom stereocenters. The standard InChI is InChI=1S/C60H39N3/c1-2-9-40(10-3-1)51-31-45-21-23-47-33-52(34-48-24-22-46(32-51)59(45)60(47)48)43-19-17-41(18-20-43)42-25-27-55(28-26-42)63(58-16-6-12-44-11-4-5-15-57(44)58)56-36-53(49-13-7-29-61-38-49)35-54(37-56)50-14-8-30-62-39-50/h1-39H. The van der Waals surface area contributed by atoms with Gasteiger partial charge >= 0.3 is 0 Å². The lowest BCUT2D eigenvalue weighted by molar-refractivity contribution is 1.29. The normalized spacial score (nSPS) is 11.5. The summed E-state index contributed by atoms with van der Waals surface area (Å²) in [7, 11) is 0. The maximum Gasteiger partial charge on any atom is 0.0540 e. The summed E-state index contributed by atoms with van der Waals surface area (Å²) in [5.74, 6) is 0. The van der Waals surface area contributed by atoms with Gasteiger partial charge in [0, 0.05) is 52.7 Å². The summed E-state index contributed by atoms with van der Waals surface area (Å²) in [5.41, 5.74) is 14.8. The Morgan fingerprint density at radius 2 is 0.714 bits per heavy atom. The van der Waals surface area contributed by atoms with E-state index in [1.54, 1.807) is 0 Å². The molecule has 0 radical (unpaired) electrons. The molecular formula is C60H39N3. The zero-order chi connectivity index (χ0) is 41.7. The average Bonchev–Trinajstić information content (AvgIpc) is 3.36. The fraction of sp³-hybridized carbons (Fsp3) is 0. The molecule has 0 N–H and O–H groups in total. The molecule has 10 aromatic carbocycles. The minimum absolute atomic E-state index is 1.05. The van der Waals surface area contributed by atoms with E-state index in [0.717, 1.165) is 44.9 Å². The molecule has 0 amide bonds. The van der Waals surface area contributed by atoms with E-state index in [4.69, 9.17) is 0 Å². The van der Waals surface area contributed by atoms with Crippen molar-refractivity contribution in [3.63, 3.8) is 0 Å². The predicted octanol–water partition coefficient (Wildman–Crippen LogP) is 16.3. The van der Waals surface area contributed by atoms with Crippen LogP contribution in [0.1, 0.15) is 0 Å². The molecule has 0 saturated carbocycles. The highest BCUT2D eigenvalue weighted by Crippen LogP contribution is 2.44. The molecule has 294 valence electrons. The van der Waals surface area contributed by atoms with Crippen molar-refractivity contribution in [3.05, 3.63) is 237 Å². The summed E-state index contributed by atoms with van der Waals surface area (Å²) in [6, 6.07) is 77.3. The first-order chi connectivity index (χ1) is 31.2. The van der Waals surface area contributed by atoms with Crippen molar-refractivity contribution in [2.24, 2.45) is 0 Å². The molecule has 0 spiro atoms. The molecule has 63 heavy (non-hydrogen) atoms. The van der Waals surface area contributed by atoms with Crippen molar-refractivity contribution in [2.75, 3.05) is 4.90 Å². The second kappa shape index (κ2) is 15.3. The Bertz CT molecular complexity index is 3450. The van der Waals surface area contributed by atoms with Gasteiger partial charge in [-0.3, -0.25) is 9.97 Å². The van der Waals surface area contributed by atoms with Crippen molar-refractivity contribution >= 4 is 60.2 Å². The van der Waals surface area contributed by atoms with Crippen molar-refractivity contribution in [1.82, 2.24) is 9.97 Å². The number of aromatic nitrogens is 2. The minimum Gasteiger partial charge on any atom is -0.310 e. The Morgan fingerprint density at radius 1 is 0.270 bits per heavy atom. The van der Waals surface area contributed by atoms with Gasteiger partial charge in [-0.2, -0.15) is 0 Å². The number of hydrogen-bond acceptors (Lipinski definition) is 3. The molecule has 12 rings (SSSR count). The number of benzene rings is 10. The Hall–Kier alpha value is -8.40. The van der Waals surface area contributed by atoms with Gasteiger partial charge in [0.15, 0.2) is 0 Å². The van der Waals surface area contributed by atoms with Gasteiger partial charge in [-0.15, -0.1) is 0 Å². The average molecular weight is 802 g/mol. The number of pyridine rings is 2. The quantitative estimate of drug-likeness (QED) is 0.143. The zero-order valence-electron chi connectivity index (χ0n) is 34.4. The first-order valence-corrected chi connectivity index (χ1v) is 21.4. The fourth-order valence-corrected chi connectivity index (χ4v) is 9.43. The smallest absolute Gasteiger partial charge is 0.0540 e. The largest absolute Gasteiger partial charge is 0.310 e. The highest BCUT2D eigenvalue weighted by Gasteiger charge is 2.19. The summed E-state index contributed by atoms with van der Waals surface area (Å²) in [6.45, 7) is 0. The summed E-state index contributed by atoms with van der Waals surface area (Å²) in [6.07, 6.45) is 7.50. The van der Waals surface area contributed by atoms with Crippen LogP contribution in [0.25, 0.3) is 98.7 Å². The second-order valence-corrected chi connectivity index (χ2v) is 16.3. The summed E-state index contributed by atoms with van der Waals surface area (Å²) >= 11 is 0. The number of rotatable bonds is 8. The fourth-order valence-electron chi connectivity index (χ4n) is 9.43. The molecule has 2 aromatic heterocycles. The van der Waals surface area contributed by atoms with E-state index in [9.17, 15) is 0 Å². The first-order valence-electron chi connectivity index (χ1n) is 21.4. The molecule has 12 aromatic rings. The highest BCUT2D eigenvalue weighted by atomic mass is 15.1. The van der Waals surface area contributed by atoms with Crippen molar-refractivity contribution in [3.8, 4) is 55.6 Å². The van der Waals surface area contributed by atoms with E-state index < -0.39 is 0 Å². The van der Waals surface area contributed by atoms with Crippen LogP contribution in [0, 0.1) is 0 Å². The molecule has 0 aliphatic rings. The second-order valence-electron chi connectivity index (χ2n) is 16.3. The third kappa shape index (κ3) is 6.64. The van der Waals surface area contributed by atoms with Crippen molar-refractivity contribution < 1.29 is 0 Å². The van der Waals surface area contributed by atoms with Gasteiger partial charge in [0.25, 0.3) is 0 Å². The van der Waals surface area contributed by atoms with Crippen LogP contribution in [-0.4, -0.2) is 9.97 Å². The van der Waals surface area contributed by atoms with Crippen LogP contribution in [0.4, 0.5) is 17.1 Å². The number of anilines is 3. The van der Waals surface area contributed by atoms with Crippen LogP contribution in [-0.2, 0) is 0 Å². The molecule has 0 fully saturated rings. The van der Waals surface area contributed by atoms with E-state index in [1.165, 1.54) is 70.9 Å². The Labute approximate surface area is 366 Å². The van der Waals surface area contributed by atoms with Crippen LogP contribution in [0.3, 0.4) is 0 Å². The summed E-state index contributed by atoms with van der Waals surface area (Å²) in [4.78, 5) is 11.3. The topological polar surface area (TPSA) is 29.0 Å². The third-order valence-electron chi connectivity index (χ3n) is 12.5. The highest BCUT2D eigenvalue weighted by molar-refractivity contribution is 6.24. The number of fused-ring (bicyclic) bond motifs is 1. The SMILES string of the molecule is c1ccc(-c2cc3ccc4cc(-c5ccc(-c6ccc(N(c7cc(-c8cccnc8)cc(-c8cccnc8)c7)c7cccc8ccccc78)cc6)cc5)cc5ccc(c2)c3c45)cc1. The molecule has 0 bridgehead atoms. The lowest BCUT2D eigenvalue weighted by atomic mass is 9.89. The zero-order valence-corrected chi connectivity index (χ0v) is 34.4. The maximum atomic E-state index is 4.47. The van der Waals surface area contributed by atoms with E-state index >= 15 is 0 Å². The first kappa shape index (κ1) is 36.5. The van der Waals surface area contributed by atoms with Crippen LogP contribution < -0.4 is 4.90 Å². The molecule has 0 aliphatic heterocycles. The Morgan fingerprint density at radius 3 is 1.25 bits per heavy atom. The van der Waals surface area contributed by atoms with Crippen LogP contribution in [0.5, 0.6) is 0 Å². The van der Waals surface area contributed by atoms with Gasteiger partial charge in [0.2, 0.25) is 0 Å². The molecule has 0 aliphatic carbocycles. The number of nitrogens with zero attached hydrogens (tertiary/aromatic N) is 3. The summed E-state index contributed by atoms with van der Waals surface area (Å²) in [5, 5.41) is 10.1. The summed E-state index contributed by atoms with van der Waals surface area (Å²) < 4.78 is 0. The van der Waals surface area contributed by atoms with E-state index in [2.05, 4.69) is 215 Å². The lowest BCUT2D eigenvalue weighted by Gasteiger charge is -2.28. The molecule has 0 atom stereocenters. The maximum absolute atomic E-state index is 4.47. The Kier molecular flexibility index (Phi) is 8.83. The van der Waals surface area contributed by atoms with Crippen LogP contribution in [0.2, 0.25) is 0 Å². The van der Waals surface area contributed by atoms with E-state index in [1.807, 2.05) is 36.9 Å². The van der Waals surface area contributed by atoms with Gasteiger partial charge in [-0.1, -0.05) is 140 Å². The molecule has 0 saturated heterocycles. The Balaban J connectivity index is 0.908. The predicted molar refractivity (Wildman–Crippen MR) is 265 cm³/mol. The number of hydrogen-bond donors (Lipinski definition) is 0. The minimum atomic E-state index is 1.05. The van der Waals surface area contributed by atoms with Gasteiger partial charge in [0.1, 0.15) is 0 Å². The van der Waals surface area contributed by atoms with Gasteiger partial charge < -0.3 is 4.90 Å². The van der Waals surface area contributed by atoms with E-state index in [0.29, 0.717) is 0 Å². The van der Waals surface area contributed by atoms with Gasteiger partial charge in [0.05, 0.1) is 5.69 Å². The third-order valence-corrected chi connectivity index (χ3v) is 12.5. The van der Waals surface area contributed by atoms with Gasteiger partial charge in [-0.25, -0.2) is 0 Å². The van der Waals surface area contributed by atoms with Crippen molar-refractivity contribution in [2.45, 2.75) is 0 Å². The van der Waals surface area contributed by atoms with Crippen molar-refractivity contribution in [1.29, 1.82) is 0 Å². The molecule has 2 heterocycles. The molecule has 3 nitrogen and oxygen atoms in total. The monoisotopic (exact) mass is 801 g/mol. The lowest BCUT2D eigenvalue weighted by Crippen LogP contribution is -2.11. The van der Waals surface area contributed by atoms with E-state index in [-0.39, 0.29) is 0 Å². The van der Waals surface area contributed by atoms with Gasteiger partial charge in [-0.05, 0) is 155 Å². The van der Waals surface area contributed by atoms with Crippen LogP contribution in [0.15, 0.2) is 237 Å².